The molecular weight excluding hydrogens is 373 g/mol. The number of carbonyl (C=O) groups is 1. The van der Waals surface area contributed by atoms with Gasteiger partial charge in [0.05, 0.1) is 24.5 Å². The Hall–Kier alpha value is -2.45. The first-order valence-electron chi connectivity index (χ1n) is 8.43. The van der Waals surface area contributed by atoms with Crippen molar-refractivity contribution in [3.63, 3.8) is 0 Å². The molecule has 0 amide bonds. The second kappa shape index (κ2) is 7.66. The molecule has 0 aromatic heterocycles. The van der Waals surface area contributed by atoms with E-state index < -0.39 is 26.7 Å². The fraction of sp³-hybridized carbons (Fsp3) is 0.316. The molecule has 1 atom stereocenters. The van der Waals surface area contributed by atoms with E-state index in [0.717, 1.165) is 30.5 Å². The maximum absolute atomic E-state index is 14.0. The van der Waals surface area contributed by atoms with Crippen LogP contribution in [0.4, 0.5) is 10.1 Å². The van der Waals surface area contributed by atoms with Gasteiger partial charge in [0.25, 0.3) is 10.0 Å². The van der Waals surface area contributed by atoms with Crippen LogP contribution in [-0.2, 0) is 25.9 Å². The Labute approximate surface area is 157 Å². The summed E-state index contributed by atoms with van der Waals surface area (Å²) in [6.45, 7) is 0. The highest BCUT2D eigenvalue weighted by atomic mass is 32.2. The van der Waals surface area contributed by atoms with E-state index in [1.54, 1.807) is 6.07 Å². The summed E-state index contributed by atoms with van der Waals surface area (Å²) in [6.07, 6.45) is 2.00. The minimum Gasteiger partial charge on any atom is -0.465 e. The number of ether oxygens (including phenoxy) is 2. The number of carbonyl (C=O) groups excluding carboxylic acids is 1. The van der Waals surface area contributed by atoms with Gasteiger partial charge in [0.1, 0.15) is 10.7 Å². The van der Waals surface area contributed by atoms with E-state index in [-0.39, 0.29) is 17.4 Å². The number of sulfonamides is 1. The standard InChI is InChI=1S/C19H20FNO5S/c1-25-15-8-5-6-12-10-11-14(18(17(12)15)19(22)26-2)21-27(23,24)16-9-4-3-7-13(16)20/h3-4,7,9-11,15,21H,5-6,8H2,1-2H3. The van der Waals surface area contributed by atoms with Gasteiger partial charge >= 0.3 is 5.97 Å². The van der Waals surface area contributed by atoms with Crippen LogP contribution in [0.15, 0.2) is 41.3 Å². The Morgan fingerprint density at radius 1 is 1.19 bits per heavy atom. The van der Waals surface area contributed by atoms with E-state index in [0.29, 0.717) is 12.0 Å². The monoisotopic (exact) mass is 393 g/mol. The van der Waals surface area contributed by atoms with Crippen LogP contribution in [0.2, 0.25) is 0 Å². The van der Waals surface area contributed by atoms with Crippen molar-refractivity contribution in [3.8, 4) is 0 Å². The third-order valence-corrected chi connectivity index (χ3v) is 6.01. The van der Waals surface area contributed by atoms with E-state index >= 15 is 0 Å². The normalized spacial score (nSPS) is 16.5. The third-order valence-electron chi connectivity index (χ3n) is 4.61. The molecule has 8 heteroatoms. The number of anilines is 1. The van der Waals surface area contributed by atoms with E-state index in [9.17, 15) is 17.6 Å². The molecule has 0 bridgehead atoms. The molecule has 1 unspecified atom stereocenters. The van der Waals surface area contributed by atoms with Gasteiger partial charge in [0, 0.05) is 12.7 Å². The minimum absolute atomic E-state index is 0.0350. The molecule has 27 heavy (non-hydrogen) atoms. The molecule has 2 aromatic rings. The number of hydrogen-bond acceptors (Lipinski definition) is 5. The number of benzene rings is 2. The number of hydrogen-bond donors (Lipinski definition) is 1. The van der Waals surface area contributed by atoms with Gasteiger partial charge in [0.2, 0.25) is 0 Å². The van der Waals surface area contributed by atoms with Crippen molar-refractivity contribution in [1.82, 2.24) is 0 Å². The van der Waals surface area contributed by atoms with Crippen LogP contribution in [0.25, 0.3) is 0 Å². The van der Waals surface area contributed by atoms with E-state index in [4.69, 9.17) is 9.47 Å². The number of aryl methyl sites for hydroxylation is 1. The highest BCUT2D eigenvalue weighted by Crippen LogP contribution is 2.38. The van der Waals surface area contributed by atoms with Crippen LogP contribution in [0.1, 0.15) is 40.4 Å². The van der Waals surface area contributed by atoms with Crippen molar-refractivity contribution < 1.29 is 27.1 Å². The molecule has 1 aliphatic rings. The molecular formula is C19H20FNO5S. The Morgan fingerprint density at radius 2 is 1.93 bits per heavy atom. The topological polar surface area (TPSA) is 81.7 Å². The Bertz CT molecular complexity index is 974. The number of nitrogens with one attached hydrogen (secondary N) is 1. The maximum Gasteiger partial charge on any atom is 0.340 e. The van der Waals surface area contributed by atoms with Crippen LogP contribution >= 0.6 is 0 Å². The summed E-state index contributed by atoms with van der Waals surface area (Å²) in [6, 6.07) is 8.30. The highest BCUT2D eigenvalue weighted by Gasteiger charge is 2.30. The maximum atomic E-state index is 14.0. The summed E-state index contributed by atoms with van der Waals surface area (Å²) in [5.74, 6) is -1.56. The summed E-state index contributed by atoms with van der Waals surface area (Å²) in [7, 11) is -1.47. The second-order valence-corrected chi connectivity index (χ2v) is 7.86. The largest absolute Gasteiger partial charge is 0.465 e. The number of rotatable bonds is 5. The van der Waals surface area contributed by atoms with Crippen LogP contribution in [0, 0.1) is 5.82 Å². The molecule has 2 aromatic carbocycles. The molecule has 0 fully saturated rings. The Morgan fingerprint density at radius 3 is 2.59 bits per heavy atom. The van der Waals surface area contributed by atoms with Gasteiger partial charge in [0.15, 0.2) is 0 Å². The van der Waals surface area contributed by atoms with E-state index in [2.05, 4.69) is 4.72 Å². The lowest BCUT2D eigenvalue weighted by molar-refractivity contribution is 0.0576. The quantitative estimate of drug-likeness (QED) is 0.787. The van der Waals surface area contributed by atoms with E-state index in [1.165, 1.54) is 32.4 Å². The van der Waals surface area contributed by atoms with Gasteiger partial charge in [-0.25, -0.2) is 17.6 Å². The molecule has 0 saturated heterocycles. The summed E-state index contributed by atoms with van der Waals surface area (Å²) in [4.78, 5) is 12.0. The van der Waals surface area contributed by atoms with Crippen molar-refractivity contribution in [1.29, 1.82) is 0 Å². The van der Waals surface area contributed by atoms with Crippen LogP contribution in [0.3, 0.4) is 0 Å². The first kappa shape index (κ1) is 19.3. The van der Waals surface area contributed by atoms with Crippen molar-refractivity contribution in [2.75, 3.05) is 18.9 Å². The predicted octanol–water partition coefficient (Wildman–Crippen LogP) is 3.44. The summed E-state index contributed by atoms with van der Waals surface area (Å²) >= 11 is 0. The van der Waals surface area contributed by atoms with Gasteiger partial charge in [-0.2, -0.15) is 0 Å². The smallest absolute Gasteiger partial charge is 0.340 e. The third kappa shape index (κ3) is 3.68. The predicted molar refractivity (Wildman–Crippen MR) is 97.7 cm³/mol. The van der Waals surface area contributed by atoms with Crippen molar-refractivity contribution >= 4 is 21.7 Å². The zero-order chi connectivity index (χ0) is 19.6. The molecule has 0 radical (unpaired) electrons. The van der Waals surface area contributed by atoms with Gasteiger partial charge in [-0.1, -0.05) is 18.2 Å². The number of esters is 1. The highest BCUT2D eigenvalue weighted by molar-refractivity contribution is 7.92. The Kier molecular flexibility index (Phi) is 5.48. The lowest BCUT2D eigenvalue weighted by Gasteiger charge is -2.27. The molecule has 0 saturated carbocycles. The molecule has 0 spiro atoms. The van der Waals surface area contributed by atoms with Gasteiger partial charge < -0.3 is 9.47 Å². The second-order valence-electron chi connectivity index (χ2n) is 6.20. The summed E-state index contributed by atoms with van der Waals surface area (Å²) < 4.78 is 52.0. The summed E-state index contributed by atoms with van der Waals surface area (Å²) in [5, 5.41) is 0. The zero-order valence-corrected chi connectivity index (χ0v) is 15.8. The molecule has 0 heterocycles. The average molecular weight is 393 g/mol. The van der Waals surface area contributed by atoms with Crippen molar-refractivity contribution in [3.05, 3.63) is 58.9 Å². The minimum atomic E-state index is -4.23. The molecule has 6 nitrogen and oxygen atoms in total. The van der Waals surface area contributed by atoms with Gasteiger partial charge in [-0.05, 0) is 43.0 Å². The lowest BCUT2D eigenvalue weighted by Crippen LogP contribution is -2.22. The number of halogens is 1. The van der Waals surface area contributed by atoms with Crippen molar-refractivity contribution in [2.24, 2.45) is 0 Å². The van der Waals surface area contributed by atoms with Crippen molar-refractivity contribution in [2.45, 2.75) is 30.3 Å². The fourth-order valence-corrected chi connectivity index (χ4v) is 4.53. The fourth-order valence-electron chi connectivity index (χ4n) is 3.38. The SMILES string of the molecule is COC(=O)c1c(NS(=O)(=O)c2ccccc2F)ccc2c1C(OC)CCC2. The Balaban J connectivity index is 2.14. The first-order chi connectivity index (χ1) is 12.9. The molecule has 1 N–H and O–H groups in total. The zero-order valence-electron chi connectivity index (χ0n) is 15.0. The molecule has 1 aliphatic carbocycles. The van der Waals surface area contributed by atoms with E-state index in [1.807, 2.05) is 0 Å². The van der Waals surface area contributed by atoms with Crippen LogP contribution in [-0.4, -0.2) is 28.6 Å². The molecule has 3 rings (SSSR count). The molecule has 0 aliphatic heterocycles. The number of methoxy groups -OCH3 is 2. The molecule has 144 valence electrons. The number of fused-ring (bicyclic) bond motifs is 1. The van der Waals surface area contributed by atoms with Gasteiger partial charge in [-0.3, -0.25) is 4.72 Å². The van der Waals surface area contributed by atoms with Crippen LogP contribution in [0.5, 0.6) is 0 Å². The first-order valence-corrected chi connectivity index (χ1v) is 9.91. The lowest BCUT2D eigenvalue weighted by atomic mass is 9.85. The average Bonchev–Trinajstić information content (AvgIpc) is 2.66. The summed E-state index contributed by atoms with van der Waals surface area (Å²) in [5.41, 5.74) is 1.65. The van der Waals surface area contributed by atoms with Crippen LogP contribution < -0.4 is 4.72 Å². The van der Waals surface area contributed by atoms with Gasteiger partial charge in [-0.15, -0.1) is 0 Å².